The van der Waals surface area contributed by atoms with Crippen molar-refractivity contribution >= 4 is 17.5 Å². The second-order valence-corrected chi connectivity index (χ2v) is 6.20. The Morgan fingerprint density at radius 3 is 2.32 bits per heavy atom. The van der Waals surface area contributed by atoms with E-state index in [0.29, 0.717) is 5.92 Å². The van der Waals surface area contributed by atoms with E-state index >= 15 is 0 Å². The van der Waals surface area contributed by atoms with Gasteiger partial charge < -0.3 is 10.6 Å². The minimum Gasteiger partial charge on any atom is -0.354 e. The van der Waals surface area contributed by atoms with E-state index in [-0.39, 0.29) is 0 Å². The summed E-state index contributed by atoms with van der Waals surface area (Å²) in [6.45, 7) is 9.29. The van der Waals surface area contributed by atoms with Gasteiger partial charge in [0.15, 0.2) is 0 Å². The molecule has 116 valence electrons. The molecule has 0 unspecified atom stereocenters. The molecule has 1 aromatic carbocycles. The lowest BCUT2D eigenvalue weighted by Gasteiger charge is -2.15. The highest BCUT2D eigenvalue weighted by molar-refractivity contribution is 5.66. The minimum atomic E-state index is 0.612. The van der Waals surface area contributed by atoms with Gasteiger partial charge >= 0.3 is 0 Å². The van der Waals surface area contributed by atoms with Crippen molar-refractivity contribution in [3.8, 4) is 0 Å². The van der Waals surface area contributed by atoms with E-state index in [1.54, 1.807) is 0 Å². The van der Waals surface area contributed by atoms with Crippen molar-refractivity contribution in [2.45, 2.75) is 46.5 Å². The molecule has 2 N–H and O–H groups in total. The number of nitrogens with zero attached hydrogens (tertiary/aromatic N) is 2. The summed E-state index contributed by atoms with van der Waals surface area (Å²) in [6, 6.07) is 6.49. The van der Waals surface area contributed by atoms with Gasteiger partial charge in [-0.25, -0.2) is 4.98 Å². The molecule has 1 aliphatic rings. The maximum absolute atomic E-state index is 4.62. The van der Waals surface area contributed by atoms with Crippen LogP contribution in [0.2, 0.25) is 0 Å². The third kappa shape index (κ3) is 3.21. The van der Waals surface area contributed by atoms with Gasteiger partial charge in [-0.15, -0.1) is 0 Å². The number of hydrogen-bond donors (Lipinski definition) is 2. The van der Waals surface area contributed by atoms with E-state index in [1.165, 1.54) is 29.5 Å². The number of aryl methyl sites for hydroxylation is 3. The zero-order valence-corrected chi connectivity index (χ0v) is 13.8. The highest BCUT2D eigenvalue weighted by Crippen LogP contribution is 2.40. The van der Waals surface area contributed by atoms with Gasteiger partial charge in [-0.2, -0.15) is 4.98 Å². The molecule has 1 saturated carbocycles. The summed E-state index contributed by atoms with van der Waals surface area (Å²) in [6.07, 6.45) is 2.48. The quantitative estimate of drug-likeness (QED) is 0.855. The molecule has 0 atom stereocenters. The molecule has 0 amide bonds. The summed E-state index contributed by atoms with van der Waals surface area (Å²) < 4.78 is 0. The van der Waals surface area contributed by atoms with E-state index in [4.69, 9.17) is 0 Å². The number of hydrogen-bond acceptors (Lipinski definition) is 4. The van der Waals surface area contributed by atoms with Crippen LogP contribution in [0.1, 0.15) is 48.1 Å². The summed E-state index contributed by atoms with van der Waals surface area (Å²) in [7, 11) is 0. The first kappa shape index (κ1) is 14.8. The Kier molecular flexibility index (Phi) is 4.01. The average molecular weight is 296 g/mol. The van der Waals surface area contributed by atoms with Gasteiger partial charge in [0.05, 0.1) is 5.69 Å². The monoisotopic (exact) mass is 296 g/mol. The average Bonchev–Trinajstić information content (AvgIpc) is 3.27. The van der Waals surface area contributed by atoms with Crippen LogP contribution < -0.4 is 10.6 Å². The molecule has 3 rings (SSSR count). The molecule has 0 saturated heterocycles. The Balaban J connectivity index is 1.94. The van der Waals surface area contributed by atoms with E-state index in [9.17, 15) is 0 Å². The van der Waals surface area contributed by atoms with E-state index in [2.05, 4.69) is 66.5 Å². The van der Waals surface area contributed by atoms with Crippen molar-refractivity contribution in [3.05, 3.63) is 40.6 Å². The van der Waals surface area contributed by atoms with Crippen LogP contribution in [0.15, 0.2) is 18.2 Å². The molecular weight excluding hydrogens is 272 g/mol. The van der Waals surface area contributed by atoms with E-state index in [0.717, 1.165) is 29.7 Å². The Morgan fingerprint density at radius 2 is 1.73 bits per heavy atom. The number of anilines is 3. The van der Waals surface area contributed by atoms with Crippen LogP contribution in [-0.2, 0) is 0 Å². The smallest absolute Gasteiger partial charge is 0.224 e. The predicted molar refractivity (Wildman–Crippen MR) is 92.1 cm³/mol. The third-order valence-corrected chi connectivity index (χ3v) is 4.01. The number of aromatic nitrogens is 2. The van der Waals surface area contributed by atoms with Gasteiger partial charge in [0.1, 0.15) is 5.82 Å². The first-order valence-electron chi connectivity index (χ1n) is 8.04. The molecule has 0 radical (unpaired) electrons. The van der Waals surface area contributed by atoms with E-state index < -0.39 is 0 Å². The first-order chi connectivity index (χ1) is 10.6. The van der Waals surface area contributed by atoms with E-state index in [1.807, 2.05) is 0 Å². The minimum absolute atomic E-state index is 0.612. The zero-order chi connectivity index (χ0) is 15.7. The largest absolute Gasteiger partial charge is 0.354 e. The molecular formula is C18H24N4. The van der Waals surface area contributed by atoms with Crippen LogP contribution in [0.5, 0.6) is 0 Å². The molecule has 1 aromatic heterocycles. The highest BCUT2D eigenvalue weighted by Gasteiger charge is 2.26. The molecule has 2 aromatic rings. The van der Waals surface area contributed by atoms with Crippen LogP contribution in [0.25, 0.3) is 0 Å². The molecule has 1 fully saturated rings. The van der Waals surface area contributed by atoms with Crippen molar-refractivity contribution in [2.75, 3.05) is 17.2 Å². The van der Waals surface area contributed by atoms with Crippen molar-refractivity contribution in [1.29, 1.82) is 0 Å². The first-order valence-corrected chi connectivity index (χ1v) is 8.04. The summed E-state index contributed by atoms with van der Waals surface area (Å²) in [4.78, 5) is 9.22. The fourth-order valence-electron chi connectivity index (χ4n) is 2.86. The van der Waals surface area contributed by atoms with Crippen LogP contribution in [0.4, 0.5) is 17.5 Å². The lowest BCUT2D eigenvalue weighted by atomic mass is 10.1. The lowest BCUT2D eigenvalue weighted by molar-refractivity contribution is 0.977. The second-order valence-electron chi connectivity index (χ2n) is 6.20. The van der Waals surface area contributed by atoms with Crippen LogP contribution in [0.3, 0.4) is 0 Å². The van der Waals surface area contributed by atoms with Crippen molar-refractivity contribution in [1.82, 2.24) is 9.97 Å². The Hall–Kier alpha value is -2.10. The van der Waals surface area contributed by atoms with Crippen molar-refractivity contribution in [2.24, 2.45) is 0 Å². The van der Waals surface area contributed by atoms with Gasteiger partial charge in [-0.3, -0.25) is 0 Å². The van der Waals surface area contributed by atoms with Crippen LogP contribution in [-0.4, -0.2) is 16.5 Å². The van der Waals surface area contributed by atoms with Crippen molar-refractivity contribution in [3.63, 3.8) is 0 Å². The van der Waals surface area contributed by atoms with Crippen LogP contribution in [0, 0.1) is 20.8 Å². The zero-order valence-electron chi connectivity index (χ0n) is 13.8. The van der Waals surface area contributed by atoms with Gasteiger partial charge in [0.25, 0.3) is 0 Å². The lowest BCUT2D eigenvalue weighted by Crippen LogP contribution is -2.07. The maximum atomic E-state index is 4.62. The molecule has 0 spiro atoms. The Morgan fingerprint density at radius 1 is 1.05 bits per heavy atom. The normalized spacial score (nSPS) is 14.0. The molecule has 4 heteroatoms. The van der Waals surface area contributed by atoms with Crippen LogP contribution >= 0.6 is 0 Å². The summed E-state index contributed by atoms with van der Waals surface area (Å²) >= 11 is 0. The SMILES string of the molecule is CCNc1nc(Nc2c(C)cc(C)cc2C)cc(C2CC2)n1. The third-order valence-electron chi connectivity index (χ3n) is 4.01. The Bertz CT molecular complexity index is 666. The van der Waals surface area contributed by atoms with Crippen molar-refractivity contribution < 1.29 is 0 Å². The fraction of sp³-hybridized carbons (Fsp3) is 0.444. The molecule has 1 heterocycles. The summed E-state index contributed by atoms with van der Waals surface area (Å²) in [5, 5.41) is 6.73. The standard InChI is InChI=1S/C18H24N4/c1-5-19-18-20-15(14-6-7-14)10-16(22-18)21-17-12(3)8-11(2)9-13(17)4/h8-10,14H,5-7H2,1-4H3,(H2,19,20,21,22). The molecule has 0 bridgehead atoms. The number of benzene rings is 1. The van der Waals surface area contributed by atoms with Gasteiger partial charge in [-0.05, 0) is 51.7 Å². The summed E-state index contributed by atoms with van der Waals surface area (Å²) in [5.74, 6) is 2.21. The van der Waals surface area contributed by atoms with Gasteiger partial charge in [-0.1, -0.05) is 17.7 Å². The molecule has 22 heavy (non-hydrogen) atoms. The Labute approximate surface area is 132 Å². The number of rotatable bonds is 5. The topological polar surface area (TPSA) is 49.8 Å². The molecule has 1 aliphatic carbocycles. The summed E-state index contributed by atoms with van der Waals surface area (Å²) in [5.41, 5.74) is 6.07. The van der Waals surface area contributed by atoms with Gasteiger partial charge in [0, 0.05) is 24.2 Å². The maximum Gasteiger partial charge on any atom is 0.224 e. The molecule has 4 nitrogen and oxygen atoms in total. The van der Waals surface area contributed by atoms with Gasteiger partial charge in [0.2, 0.25) is 5.95 Å². The second kappa shape index (κ2) is 5.95. The predicted octanol–water partition coefficient (Wildman–Crippen LogP) is 4.45. The highest BCUT2D eigenvalue weighted by atomic mass is 15.1. The molecule has 0 aliphatic heterocycles. The number of nitrogens with one attached hydrogen (secondary N) is 2. The fourth-order valence-corrected chi connectivity index (χ4v) is 2.86.